The highest BCUT2D eigenvalue weighted by Gasteiger charge is 2.18. The first-order valence-corrected chi connectivity index (χ1v) is 6.30. The van der Waals surface area contributed by atoms with Gasteiger partial charge in [0.05, 0.1) is 11.7 Å². The first-order valence-electron chi connectivity index (χ1n) is 6.30. The van der Waals surface area contributed by atoms with Gasteiger partial charge in [-0.05, 0) is 32.9 Å². The van der Waals surface area contributed by atoms with Crippen molar-refractivity contribution >= 4 is 11.9 Å². The minimum absolute atomic E-state index is 0.0730. The molecule has 0 aliphatic carbocycles. The molecule has 0 aromatic carbocycles. The Morgan fingerprint density at radius 3 is 2.63 bits per heavy atom. The van der Waals surface area contributed by atoms with Crippen LogP contribution in [-0.4, -0.2) is 29.5 Å². The lowest BCUT2D eigenvalue weighted by molar-refractivity contribution is -0.121. The maximum atomic E-state index is 11.7. The van der Waals surface area contributed by atoms with Gasteiger partial charge in [-0.2, -0.15) is 0 Å². The molecule has 1 unspecified atom stereocenters. The molecule has 1 rings (SSSR count). The Bertz CT molecular complexity index is 422. The first kappa shape index (κ1) is 15.1. The van der Waals surface area contributed by atoms with Crippen molar-refractivity contribution in [1.82, 2.24) is 20.9 Å². The predicted molar refractivity (Wildman–Crippen MR) is 72.5 cm³/mol. The maximum absolute atomic E-state index is 11.7. The Morgan fingerprint density at radius 2 is 2.05 bits per heavy atom. The summed E-state index contributed by atoms with van der Waals surface area (Å²) >= 11 is 0. The standard InChI is InChI=1S/C13H20N4O2/c1-4-14-13(19)17-12(18)10(3)16-9(2)11-7-5-6-8-15-11/h5-10,16H,4H2,1-3H3,(H2,14,17,18,19)/t9-,10?/m0/s1. The minimum Gasteiger partial charge on any atom is -0.338 e. The molecule has 0 saturated carbocycles. The average molecular weight is 264 g/mol. The molecule has 1 aromatic rings. The Hall–Kier alpha value is -1.95. The van der Waals surface area contributed by atoms with Crippen LogP contribution in [0.1, 0.15) is 32.5 Å². The molecule has 0 spiro atoms. The van der Waals surface area contributed by atoms with Crippen molar-refractivity contribution in [1.29, 1.82) is 0 Å². The Labute approximate surface area is 113 Å². The number of urea groups is 1. The van der Waals surface area contributed by atoms with Gasteiger partial charge in [-0.25, -0.2) is 4.79 Å². The lowest BCUT2D eigenvalue weighted by Gasteiger charge is -2.18. The quantitative estimate of drug-likeness (QED) is 0.740. The molecule has 0 saturated heterocycles. The van der Waals surface area contributed by atoms with Gasteiger partial charge in [-0.1, -0.05) is 6.07 Å². The number of carbonyl (C=O) groups is 2. The Kier molecular flexibility index (Phi) is 5.95. The molecular formula is C13H20N4O2. The van der Waals surface area contributed by atoms with Crippen LogP contribution in [0.2, 0.25) is 0 Å². The van der Waals surface area contributed by atoms with Crippen molar-refractivity contribution in [2.24, 2.45) is 0 Å². The molecule has 1 aromatic heterocycles. The third kappa shape index (κ3) is 5.05. The highest BCUT2D eigenvalue weighted by Crippen LogP contribution is 2.08. The van der Waals surface area contributed by atoms with Crippen LogP contribution >= 0.6 is 0 Å². The van der Waals surface area contributed by atoms with Gasteiger partial charge in [0.15, 0.2) is 0 Å². The summed E-state index contributed by atoms with van der Waals surface area (Å²) in [7, 11) is 0. The van der Waals surface area contributed by atoms with Gasteiger partial charge in [-0.15, -0.1) is 0 Å². The molecule has 19 heavy (non-hydrogen) atoms. The summed E-state index contributed by atoms with van der Waals surface area (Å²) in [5.74, 6) is -0.367. The predicted octanol–water partition coefficient (Wildman–Crippen LogP) is 0.966. The van der Waals surface area contributed by atoms with Crippen LogP contribution < -0.4 is 16.0 Å². The Balaban J connectivity index is 2.48. The molecule has 0 radical (unpaired) electrons. The van der Waals surface area contributed by atoms with E-state index in [9.17, 15) is 9.59 Å². The summed E-state index contributed by atoms with van der Waals surface area (Å²) in [6.45, 7) is 5.88. The molecule has 0 aliphatic rings. The fraction of sp³-hybridized carbons (Fsp3) is 0.462. The normalized spacial score (nSPS) is 13.4. The van der Waals surface area contributed by atoms with Crippen LogP contribution in [0.3, 0.4) is 0 Å². The number of carbonyl (C=O) groups excluding carboxylic acids is 2. The summed E-state index contributed by atoms with van der Waals surface area (Å²) in [6.07, 6.45) is 1.70. The van der Waals surface area contributed by atoms with Crippen LogP contribution in [0, 0.1) is 0 Å². The lowest BCUT2D eigenvalue weighted by Crippen LogP contribution is -2.48. The van der Waals surface area contributed by atoms with Crippen molar-refractivity contribution in [3.63, 3.8) is 0 Å². The fourth-order valence-electron chi connectivity index (χ4n) is 1.59. The fourth-order valence-corrected chi connectivity index (χ4v) is 1.59. The van der Waals surface area contributed by atoms with Crippen molar-refractivity contribution in [3.05, 3.63) is 30.1 Å². The summed E-state index contributed by atoms with van der Waals surface area (Å²) in [5, 5.41) is 7.86. The molecular weight excluding hydrogens is 244 g/mol. The second kappa shape index (κ2) is 7.48. The van der Waals surface area contributed by atoms with Gasteiger partial charge < -0.3 is 5.32 Å². The number of amides is 3. The third-order valence-corrected chi connectivity index (χ3v) is 2.60. The number of hydrogen-bond acceptors (Lipinski definition) is 4. The van der Waals surface area contributed by atoms with Crippen molar-refractivity contribution in [2.45, 2.75) is 32.9 Å². The van der Waals surface area contributed by atoms with Gasteiger partial charge in [0.2, 0.25) is 5.91 Å². The number of pyridine rings is 1. The van der Waals surface area contributed by atoms with Crippen LogP contribution in [-0.2, 0) is 4.79 Å². The van der Waals surface area contributed by atoms with E-state index in [0.717, 1.165) is 5.69 Å². The lowest BCUT2D eigenvalue weighted by atomic mass is 10.2. The topological polar surface area (TPSA) is 83.1 Å². The van der Waals surface area contributed by atoms with Gasteiger partial charge in [0, 0.05) is 18.8 Å². The SMILES string of the molecule is CCNC(=O)NC(=O)C(C)N[C@@H](C)c1ccccn1. The number of nitrogens with zero attached hydrogens (tertiary/aromatic N) is 1. The van der Waals surface area contributed by atoms with Gasteiger partial charge >= 0.3 is 6.03 Å². The highest BCUT2D eigenvalue weighted by molar-refractivity contribution is 5.96. The third-order valence-electron chi connectivity index (χ3n) is 2.60. The highest BCUT2D eigenvalue weighted by atomic mass is 16.2. The van der Waals surface area contributed by atoms with E-state index in [2.05, 4.69) is 20.9 Å². The van der Waals surface area contributed by atoms with Crippen molar-refractivity contribution < 1.29 is 9.59 Å². The van der Waals surface area contributed by atoms with E-state index in [0.29, 0.717) is 6.54 Å². The second-order valence-electron chi connectivity index (χ2n) is 4.21. The first-order chi connectivity index (χ1) is 9.04. The van der Waals surface area contributed by atoms with Crippen molar-refractivity contribution in [3.8, 4) is 0 Å². The van der Waals surface area contributed by atoms with E-state index in [1.807, 2.05) is 25.1 Å². The summed E-state index contributed by atoms with van der Waals surface area (Å²) < 4.78 is 0. The number of hydrogen-bond donors (Lipinski definition) is 3. The van der Waals surface area contributed by atoms with E-state index in [4.69, 9.17) is 0 Å². The molecule has 2 atom stereocenters. The zero-order chi connectivity index (χ0) is 14.3. The molecule has 0 fully saturated rings. The van der Waals surface area contributed by atoms with Crippen LogP contribution in [0.25, 0.3) is 0 Å². The van der Waals surface area contributed by atoms with E-state index < -0.39 is 12.1 Å². The van der Waals surface area contributed by atoms with E-state index in [-0.39, 0.29) is 11.9 Å². The molecule has 104 valence electrons. The second-order valence-corrected chi connectivity index (χ2v) is 4.21. The van der Waals surface area contributed by atoms with Crippen LogP contribution in [0.15, 0.2) is 24.4 Å². The Morgan fingerprint density at radius 1 is 1.32 bits per heavy atom. The summed E-state index contributed by atoms with van der Waals surface area (Å²) in [5.41, 5.74) is 0.847. The number of imide groups is 1. The number of aromatic nitrogens is 1. The summed E-state index contributed by atoms with van der Waals surface area (Å²) in [6, 6.07) is 4.57. The molecule has 6 nitrogen and oxygen atoms in total. The molecule has 0 aliphatic heterocycles. The number of rotatable bonds is 5. The van der Waals surface area contributed by atoms with Gasteiger partial charge in [0.1, 0.15) is 0 Å². The largest absolute Gasteiger partial charge is 0.338 e. The zero-order valence-electron chi connectivity index (χ0n) is 11.4. The van der Waals surface area contributed by atoms with Crippen molar-refractivity contribution in [2.75, 3.05) is 6.54 Å². The molecule has 6 heteroatoms. The number of nitrogens with one attached hydrogen (secondary N) is 3. The average Bonchev–Trinajstić information content (AvgIpc) is 2.39. The van der Waals surface area contributed by atoms with Gasteiger partial charge in [0.25, 0.3) is 0 Å². The molecule has 3 N–H and O–H groups in total. The molecule has 1 heterocycles. The molecule has 0 bridgehead atoms. The van der Waals surface area contributed by atoms with Crippen LogP contribution in [0.4, 0.5) is 4.79 Å². The molecule has 3 amide bonds. The monoisotopic (exact) mass is 264 g/mol. The van der Waals surface area contributed by atoms with E-state index in [1.54, 1.807) is 20.0 Å². The maximum Gasteiger partial charge on any atom is 0.321 e. The minimum atomic E-state index is -0.486. The van der Waals surface area contributed by atoms with E-state index in [1.165, 1.54) is 0 Å². The van der Waals surface area contributed by atoms with Gasteiger partial charge in [-0.3, -0.25) is 20.4 Å². The summed E-state index contributed by atoms with van der Waals surface area (Å²) in [4.78, 5) is 27.2. The smallest absolute Gasteiger partial charge is 0.321 e. The van der Waals surface area contributed by atoms with Crippen LogP contribution in [0.5, 0.6) is 0 Å². The van der Waals surface area contributed by atoms with E-state index >= 15 is 0 Å². The zero-order valence-corrected chi connectivity index (χ0v) is 11.4.